The van der Waals surface area contributed by atoms with Gasteiger partial charge in [0.15, 0.2) is 5.78 Å². The van der Waals surface area contributed by atoms with Gasteiger partial charge < -0.3 is 4.74 Å². The summed E-state index contributed by atoms with van der Waals surface area (Å²) in [6.07, 6.45) is 2.75. The van der Waals surface area contributed by atoms with E-state index in [1.165, 1.54) is 10.5 Å². The fraction of sp³-hybridized carbons (Fsp3) is 0.381. The second kappa shape index (κ2) is 8.17. The molecule has 25 heavy (non-hydrogen) atoms. The maximum absolute atomic E-state index is 13.5. The average molecular weight is 356 g/mol. The summed E-state index contributed by atoms with van der Waals surface area (Å²) in [7, 11) is 0. The third-order valence-corrected chi connectivity index (χ3v) is 5.69. The van der Waals surface area contributed by atoms with Crippen LogP contribution in [0.2, 0.25) is 0 Å². The van der Waals surface area contributed by atoms with Crippen LogP contribution in [0.5, 0.6) is 0 Å². The number of hydrogen-bond donors (Lipinski definition) is 0. The van der Waals surface area contributed by atoms with Gasteiger partial charge in [-0.3, -0.25) is 9.69 Å². The summed E-state index contributed by atoms with van der Waals surface area (Å²) in [5.41, 5.74) is 1.40. The number of carbonyl (C=O) groups excluding carboxylic acids is 1. The molecular formula is C21H25NO2S. The molecule has 1 aliphatic rings. The van der Waals surface area contributed by atoms with Crippen LogP contribution in [-0.2, 0) is 11.2 Å². The Hall–Kier alpha value is -1.62. The van der Waals surface area contributed by atoms with E-state index in [9.17, 15) is 4.79 Å². The number of hydrogen-bond acceptors (Lipinski definition) is 4. The third kappa shape index (κ3) is 4.14. The summed E-state index contributed by atoms with van der Waals surface area (Å²) < 4.78 is 5.51. The molecule has 2 aromatic carbocycles. The van der Waals surface area contributed by atoms with Gasteiger partial charge in [0.05, 0.1) is 18.8 Å². The first-order valence-corrected chi connectivity index (χ1v) is 9.91. The van der Waals surface area contributed by atoms with Gasteiger partial charge in [-0.25, -0.2) is 0 Å². The monoisotopic (exact) mass is 355 g/mol. The van der Waals surface area contributed by atoms with E-state index in [-0.39, 0.29) is 5.78 Å². The zero-order valence-corrected chi connectivity index (χ0v) is 15.7. The van der Waals surface area contributed by atoms with E-state index < -0.39 is 5.54 Å². The lowest BCUT2D eigenvalue weighted by molar-refractivity contribution is -0.00948. The lowest BCUT2D eigenvalue weighted by Gasteiger charge is -2.42. The molecule has 1 atom stereocenters. The van der Waals surface area contributed by atoms with Gasteiger partial charge in [-0.2, -0.15) is 0 Å². The minimum Gasteiger partial charge on any atom is -0.379 e. The lowest BCUT2D eigenvalue weighted by Crippen LogP contribution is -2.57. The largest absolute Gasteiger partial charge is 0.379 e. The molecule has 1 saturated heterocycles. The molecule has 0 N–H and O–H groups in total. The molecule has 0 saturated carbocycles. The van der Waals surface area contributed by atoms with Crippen molar-refractivity contribution in [1.82, 2.24) is 4.90 Å². The van der Waals surface area contributed by atoms with Crippen LogP contribution < -0.4 is 0 Å². The molecule has 1 unspecified atom stereocenters. The maximum Gasteiger partial charge on any atom is 0.183 e. The minimum atomic E-state index is -0.563. The third-order valence-electron chi connectivity index (χ3n) is 4.94. The van der Waals surface area contributed by atoms with Crippen LogP contribution in [0.25, 0.3) is 0 Å². The predicted molar refractivity (Wildman–Crippen MR) is 103 cm³/mol. The second-order valence-corrected chi connectivity index (χ2v) is 7.47. The number of nitrogens with zero attached hydrogens (tertiary/aromatic N) is 1. The molecule has 1 fully saturated rings. The maximum atomic E-state index is 13.5. The highest BCUT2D eigenvalue weighted by atomic mass is 32.2. The lowest BCUT2D eigenvalue weighted by atomic mass is 9.83. The second-order valence-electron chi connectivity index (χ2n) is 6.59. The number of rotatable bonds is 6. The normalized spacial score (nSPS) is 17.8. The zero-order chi connectivity index (χ0) is 17.7. The molecule has 2 aromatic rings. The van der Waals surface area contributed by atoms with E-state index in [0.29, 0.717) is 19.6 Å². The number of carbonyl (C=O) groups is 1. The van der Waals surface area contributed by atoms with Crippen molar-refractivity contribution in [1.29, 1.82) is 0 Å². The molecule has 4 heteroatoms. The van der Waals surface area contributed by atoms with Crippen LogP contribution in [0, 0.1) is 0 Å². The molecule has 1 aliphatic heterocycles. The smallest absolute Gasteiger partial charge is 0.183 e. The van der Waals surface area contributed by atoms with Crippen molar-refractivity contribution in [2.45, 2.75) is 23.8 Å². The van der Waals surface area contributed by atoms with E-state index in [1.54, 1.807) is 11.8 Å². The van der Waals surface area contributed by atoms with Crippen molar-refractivity contribution in [3.8, 4) is 0 Å². The van der Waals surface area contributed by atoms with Gasteiger partial charge in [-0.15, -0.1) is 11.8 Å². The van der Waals surface area contributed by atoms with Crippen molar-refractivity contribution in [2.24, 2.45) is 0 Å². The molecule has 0 bridgehead atoms. The quantitative estimate of drug-likeness (QED) is 0.580. The summed E-state index contributed by atoms with van der Waals surface area (Å²) in [5, 5.41) is 0. The molecule has 0 spiro atoms. The van der Waals surface area contributed by atoms with Gasteiger partial charge in [0.1, 0.15) is 0 Å². The number of ether oxygens (including phenoxy) is 1. The summed E-state index contributed by atoms with van der Waals surface area (Å²) in [4.78, 5) is 16.9. The molecule has 1 heterocycles. The van der Waals surface area contributed by atoms with Gasteiger partial charge in [-0.05, 0) is 37.3 Å². The predicted octanol–water partition coefficient (Wildman–Crippen LogP) is 3.92. The molecule has 3 rings (SSSR count). The van der Waals surface area contributed by atoms with Crippen molar-refractivity contribution < 1.29 is 9.53 Å². The zero-order valence-electron chi connectivity index (χ0n) is 14.9. The fourth-order valence-electron chi connectivity index (χ4n) is 3.44. The first-order chi connectivity index (χ1) is 12.1. The highest BCUT2D eigenvalue weighted by Crippen LogP contribution is 2.28. The average Bonchev–Trinajstić information content (AvgIpc) is 2.69. The SMILES string of the molecule is CSc1ccc(C(=O)C(C)(Cc2ccccc2)N2CCOCC2)cc1. The van der Waals surface area contributed by atoms with Crippen LogP contribution in [0.3, 0.4) is 0 Å². The van der Waals surface area contributed by atoms with Gasteiger partial charge in [-0.1, -0.05) is 42.5 Å². The summed E-state index contributed by atoms with van der Waals surface area (Å²) in [5.74, 6) is 0.186. The Morgan fingerprint density at radius 2 is 1.72 bits per heavy atom. The van der Waals surface area contributed by atoms with E-state index in [4.69, 9.17) is 4.74 Å². The minimum absolute atomic E-state index is 0.186. The molecule has 0 aliphatic carbocycles. The summed E-state index contributed by atoms with van der Waals surface area (Å²) in [6.45, 7) is 5.03. The first kappa shape index (κ1) is 18.2. The fourth-order valence-corrected chi connectivity index (χ4v) is 3.85. The van der Waals surface area contributed by atoms with Crippen LogP contribution in [-0.4, -0.2) is 48.8 Å². The van der Waals surface area contributed by atoms with Crippen LogP contribution in [0.4, 0.5) is 0 Å². The van der Waals surface area contributed by atoms with Gasteiger partial charge in [0.25, 0.3) is 0 Å². The van der Waals surface area contributed by atoms with Crippen molar-refractivity contribution in [3.05, 3.63) is 65.7 Å². The Labute approximate surface area is 154 Å². The Morgan fingerprint density at radius 1 is 1.08 bits per heavy atom. The van der Waals surface area contributed by atoms with E-state index >= 15 is 0 Å². The first-order valence-electron chi connectivity index (χ1n) is 8.69. The Bertz CT molecular complexity index is 696. The number of morpholine rings is 1. The van der Waals surface area contributed by atoms with Gasteiger partial charge >= 0.3 is 0 Å². The number of Topliss-reactive ketones (excluding diaryl/α,β-unsaturated/α-hetero) is 1. The van der Waals surface area contributed by atoms with Crippen molar-refractivity contribution in [2.75, 3.05) is 32.6 Å². The number of ketones is 1. The van der Waals surface area contributed by atoms with Gasteiger partial charge in [0.2, 0.25) is 0 Å². The highest BCUT2D eigenvalue weighted by Gasteiger charge is 2.40. The summed E-state index contributed by atoms with van der Waals surface area (Å²) in [6, 6.07) is 18.2. The van der Waals surface area contributed by atoms with E-state index in [1.807, 2.05) is 48.7 Å². The topological polar surface area (TPSA) is 29.5 Å². The van der Waals surface area contributed by atoms with E-state index in [2.05, 4.69) is 24.0 Å². The molecule has 0 radical (unpaired) electrons. The molecule has 3 nitrogen and oxygen atoms in total. The molecular weight excluding hydrogens is 330 g/mol. The van der Waals surface area contributed by atoms with Crippen molar-refractivity contribution in [3.63, 3.8) is 0 Å². The highest BCUT2D eigenvalue weighted by molar-refractivity contribution is 7.98. The molecule has 0 aromatic heterocycles. The Morgan fingerprint density at radius 3 is 2.32 bits per heavy atom. The standard InChI is InChI=1S/C21H25NO2S/c1-21(22-12-14-24-15-13-22,16-17-6-4-3-5-7-17)20(23)18-8-10-19(25-2)11-9-18/h3-11H,12-16H2,1-2H3. The number of thioether (sulfide) groups is 1. The summed E-state index contributed by atoms with van der Waals surface area (Å²) >= 11 is 1.69. The molecule has 0 amide bonds. The van der Waals surface area contributed by atoms with Crippen LogP contribution in [0.15, 0.2) is 59.5 Å². The number of benzene rings is 2. The van der Waals surface area contributed by atoms with Gasteiger partial charge in [0, 0.05) is 23.5 Å². The van der Waals surface area contributed by atoms with E-state index in [0.717, 1.165) is 18.7 Å². The van der Waals surface area contributed by atoms with Crippen LogP contribution >= 0.6 is 11.8 Å². The molecule has 132 valence electrons. The van der Waals surface area contributed by atoms with Crippen molar-refractivity contribution >= 4 is 17.5 Å². The Balaban J connectivity index is 1.92. The van der Waals surface area contributed by atoms with Crippen LogP contribution in [0.1, 0.15) is 22.8 Å². The Kier molecular flexibility index (Phi) is 5.94.